The molecule has 9 heteroatoms. The van der Waals surface area contributed by atoms with Gasteiger partial charge in [-0.15, -0.1) is 0 Å². The van der Waals surface area contributed by atoms with Crippen molar-refractivity contribution in [3.63, 3.8) is 0 Å². The zero-order valence-corrected chi connectivity index (χ0v) is 18.6. The molecule has 0 spiro atoms. The van der Waals surface area contributed by atoms with Crippen LogP contribution in [0.15, 0.2) is 78.5 Å². The minimum atomic E-state index is -1.03. The van der Waals surface area contributed by atoms with Crippen LogP contribution in [0.4, 0.5) is 10.5 Å². The molecule has 3 aromatic carbocycles. The maximum Gasteiger partial charge on any atom is 0.335 e. The summed E-state index contributed by atoms with van der Waals surface area (Å²) in [6, 6.07) is 19.5. The van der Waals surface area contributed by atoms with E-state index in [1.807, 2.05) is 6.07 Å². The molecule has 0 saturated carbocycles. The smallest absolute Gasteiger partial charge is 0.335 e. The van der Waals surface area contributed by atoms with E-state index in [2.05, 4.69) is 10.6 Å². The number of amides is 4. The van der Waals surface area contributed by atoms with Crippen LogP contribution in [0.2, 0.25) is 0 Å². The summed E-state index contributed by atoms with van der Waals surface area (Å²) in [6.45, 7) is -0.448. The molecule has 1 saturated heterocycles. The average molecular weight is 471 g/mol. The monoisotopic (exact) mass is 471 g/mol. The topological polar surface area (TPSA) is 125 Å². The van der Waals surface area contributed by atoms with Crippen molar-refractivity contribution in [1.29, 1.82) is 0 Å². The number of urea groups is 1. The van der Waals surface area contributed by atoms with Crippen molar-refractivity contribution in [2.45, 2.75) is 0 Å². The highest BCUT2D eigenvalue weighted by molar-refractivity contribution is 6.16. The van der Waals surface area contributed by atoms with E-state index in [4.69, 9.17) is 4.74 Å². The zero-order valence-electron chi connectivity index (χ0n) is 18.6. The number of nitrogens with one attached hydrogen (secondary N) is 2. The number of imide groups is 1. The highest BCUT2D eigenvalue weighted by Crippen LogP contribution is 2.23. The Labute approximate surface area is 200 Å². The summed E-state index contributed by atoms with van der Waals surface area (Å²) in [5.41, 5.74) is 2.76. The lowest BCUT2D eigenvalue weighted by Crippen LogP contribution is -2.38. The summed E-state index contributed by atoms with van der Waals surface area (Å²) in [5.74, 6) is -1.55. The van der Waals surface area contributed by atoms with Gasteiger partial charge in [-0.1, -0.05) is 30.3 Å². The molecule has 1 aliphatic heterocycles. The Balaban J connectivity index is 1.47. The quantitative estimate of drug-likeness (QED) is 0.357. The molecule has 1 fully saturated rings. The average Bonchev–Trinajstić information content (AvgIpc) is 3.12. The second kappa shape index (κ2) is 9.92. The van der Waals surface area contributed by atoms with Crippen LogP contribution >= 0.6 is 0 Å². The van der Waals surface area contributed by atoms with Gasteiger partial charge in [0.1, 0.15) is 18.0 Å². The maximum absolute atomic E-state index is 12.8. The van der Waals surface area contributed by atoms with Gasteiger partial charge >= 0.3 is 12.0 Å². The predicted octanol–water partition coefficient (Wildman–Crippen LogP) is 3.59. The molecule has 0 radical (unpaired) electrons. The van der Waals surface area contributed by atoms with Crippen molar-refractivity contribution in [3.8, 4) is 16.9 Å². The summed E-state index contributed by atoms with van der Waals surface area (Å²) in [4.78, 5) is 49.6. The van der Waals surface area contributed by atoms with Gasteiger partial charge in [0.2, 0.25) is 5.91 Å². The first-order chi connectivity index (χ1) is 16.8. The Bertz CT molecular complexity index is 1350. The molecule has 35 heavy (non-hydrogen) atoms. The van der Waals surface area contributed by atoms with E-state index in [1.165, 1.54) is 19.3 Å². The Morgan fingerprint density at radius 2 is 1.69 bits per heavy atom. The lowest BCUT2D eigenvalue weighted by molar-refractivity contribution is -0.127. The highest BCUT2D eigenvalue weighted by Gasteiger charge is 2.34. The van der Waals surface area contributed by atoms with E-state index >= 15 is 0 Å². The van der Waals surface area contributed by atoms with Crippen LogP contribution in [0.5, 0.6) is 5.75 Å². The molecule has 3 N–H and O–H groups in total. The van der Waals surface area contributed by atoms with Gasteiger partial charge in [-0.3, -0.25) is 9.59 Å². The first kappa shape index (κ1) is 23.2. The number of carbonyl (C=O) groups is 4. The molecule has 0 aliphatic carbocycles. The van der Waals surface area contributed by atoms with Crippen LogP contribution in [0.3, 0.4) is 0 Å². The summed E-state index contributed by atoms with van der Waals surface area (Å²) in [5, 5.41) is 14.3. The summed E-state index contributed by atoms with van der Waals surface area (Å²) in [6.07, 6.45) is 1.51. The van der Waals surface area contributed by atoms with E-state index < -0.39 is 30.4 Å². The molecule has 4 amide bonds. The molecule has 0 unspecified atom stereocenters. The summed E-state index contributed by atoms with van der Waals surface area (Å²) < 4.78 is 5.07. The third-order valence-electron chi connectivity index (χ3n) is 5.28. The number of carboxylic acid groups (broad SMARTS) is 1. The molecule has 3 aromatic rings. The van der Waals surface area contributed by atoms with E-state index in [-0.39, 0.29) is 11.3 Å². The Hall–Kier alpha value is -4.92. The van der Waals surface area contributed by atoms with E-state index in [1.54, 1.807) is 60.7 Å². The second-order valence-electron chi connectivity index (χ2n) is 7.67. The van der Waals surface area contributed by atoms with Gasteiger partial charge < -0.3 is 20.5 Å². The van der Waals surface area contributed by atoms with Crippen molar-refractivity contribution in [2.24, 2.45) is 0 Å². The van der Waals surface area contributed by atoms with E-state index in [9.17, 15) is 24.3 Å². The number of hydrogen-bond donors (Lipinski definition) is 3. The lowest BCUT2D eigenvalue weighted by Gasteiger charge is -2.12. The minimum absolute atomic E-state index is 0.0312. The third-order valence-corrected chi connectivity index (χ3v) is 5.28. The van der Waals surface area contributed by atoms with Crippen LogP contribution < -0.4 is 15.4 Å². The van der Waals surface area contributed by atoms with Gasteiger partial charge in [0.05, 0.1) is 12.7 Å². The van der Waals surface area contributed by atoms with Crippen LogP contribution in [0.1, 0.15) is 15.9 Å². The molecule has 0 aromatic heterocycles. The lowest BCUT2D eigenvalue weighted by atomic mass is 10.0. The normalized spacial score (nSPS) is 14.1. The number of benzene rings is 3. The van der Waals surface area contributed by atoms with Crippen molar-refractivity contribution in [3.05, 3.63) is 89.6 Å². The first-order valence-corrected chi connectivity index (χ1v) is 10.6. The number of ether oxygens (including phenoxy) is 1. The molecular weight excluding hydrogens is 450 g/mol. The van der Waals surface area contributed by atoms with Crippen molar-refractivity contribution < 1.29 is 29.0 Å². The predicted molar refractivity (Wildman–Crippen MR) is 129 cm³/mol. The van der Waals surface area contributed by atoms with E-state index in [0.717, 1.165) is 10.5 Å². The fourth-order valence-electron chi connectivity index (χ4n) is 3.54. The second-order valence-corrected chi connectivity index (χ2v) is 7.67. The zero-order chi connectivity index (χ0) is 24.9. The Morgan fingerprint density at radius 1 is 1.00 bits per heavy atom. The SMILES string of the molecule is COc1ccc(NC(=O)CN2C(=O)NC(=Cc3cccc(-c4cccc(C(=O)O)c4)c3)C2=O)cc1. The number of hydrogen-bond acceptors (Lipinski definition) is 5. The Kier molecular flexibility index (Phi) is 6.59. The van der Waals surface area contributed by atoms with Gasteiger partial charge in [-0.25, -0.2) is 14.5 Å². The molecule has 0 atom stereocenters. The molecule has 4 rings (SSSR count). The molecular formula is C26H21N3O6. The molecule has 1 heterocycles. The molecule has 1 aliphatic rings. The van der Waals surface area contributed by atoms with Gasteiger partial charge in [0.15, 0.2) is 0 Å². The number of aromatic carboxylic acids is 1. The first-order valence-electron chi connectivity index (χ1n) is 10.6. The van der Waals surface area contributed by atoms with Crippen LogP contribution in [0.25, 0.3) is 17.2 Å². The van der Waals surface area contributed by atoms with Gasteiger partial charge in [0.25, 0.3) is 5.91 Å². The number of rotatable bonds is 7. The standard InChI is InChI=1S/C26H21N3O6/c1-35-21-10-8-20(9-11-21)27-23(30)15-29-24(31)22(28-26(29)34)13-16-4-2-5-17(12-16)18-6-3-7-19(14-18)25(32)33/h2-14H,15H2,1H3,(H,27,30)(H,28,34)(H,32,33). The van der Waals surface area contributed by atoms with Crippen molar-refractivity contribution in [1.82, 2.24) is 10.2 Å². The molecule has 0 bridgehead atoms. The maximum atomic E-state index is 12.8. The number of methoxy groups -OCH3 is 1. The molecule has 176 valence electrons. The van der Waals surface area contributed by atoms with Crippen LogP contribution in [0, 0.1) is 0 Å². The summed E-state index contributed by atoms with van der Waals surface area (Å²) >= 11 is 0. The van der Waals surface area contributed by atoms with Gasteiger partial charge in [-0.2, -0.15) is 0 Å². The highest BCUT2D eigenvalue weighted by atomic mass is 16.5. The number of carbonyl (C=O) groups excluding carboxylic acids is 3. The number of carboxylic acids is 1. The van der Waals surface area contributed by atoms with Crippen LogP contribution in [-0.4, -0.2) is 47.5 Å². The summed E-state index contributed by atoms with van der Waals surface area (Å²) in [7, 11) is 1.53. The van der Waals surface area contributed by atoms with Crippen molar-refractivity contribution in [2.75, 3.05) is 19.0 Å². The van der Waals surface area contributed by atoms with Crippen LogP contribution in [-0.2, 0) is 9.59 Å². The van der Waals surface area contributed by atoms with Crippen molar-refractivity contribution >= 4 is 35.6 Å². The largest absolute Gasteiger partial charge is 0.497 e. The fourth-order valence-corrected chi connectivity index (χ4v) is 3.54. The fraction of sp³-hybridized carbons (Fsp3) is 0.0769. The van der Waals surface area contributed by atoms with Gasteiger partial charge in [-0.05, 0) is 65.2 Å². The Morgan fingerprint density at radius 3 is 2.37 bits per heavy atom. The van der Waals surface area contributed by atoms with E-state index in [0.29, 0.717) is 22.6 Å². The number of anilines is 1. The molecule has 9 nitrogen and oxygen atoms in total. The minimum Gasteiger partial charge on any atom is -0.497 e. The third kappa shape index (κ3) is 5.36. The van der Waals surface area contributed by atoms with Gasteiger partial charge in [0, 0.05) is 5.69 Å². The number of nitrogens with zero attached hydrogens (tertiary/aromatic N) is 1.